The Balaban J connectivity index is 0.000000402. The summed E-state index contributed by atoms with van der Waals surface area (Å²) in [5.74, 6) is -6.56. The molecule has 6 amide bonds. The summed E-state index contributed by atoms with van der Waals surface area (Å²) in [6.07, 6.45) is 11.5. The summed E-state index contributed by atoms with van der Waals surface area (Å²) in [5, 5.41) is 15.2. The first-order valence-corrected chi connectivity index (χ1v) is 26.2. The number of unbranched alkanes of at least 4 members (excludes halogenated alkanes) is 2. The van der Waals surface area contributed by atoms with E-state index in [9.17, 15) is 51.9 Å². The number of aromatic nitrogens is 2. The van der Waals surface area contributed by atoms with Gasteiger partial charge in [-0.25, -0.2) is 28.3 Å². The number of rotatable bonds is 13. The van der Waals surface area contributed by atoms with Gasteiger partial charge in [-0.1, -0.05) is 83.5 Å². The molecule has 4 rings (SSSR count). The summed E-state index contributed by atoms with van der Waals surface area (Å²) >= 11 is 5.37. The molecule has 408 valence electrons. The van der Waals surface area contributed by atoms with Crippen molar-refractivity contribution in [2.45, 2.75) is 137 Å². The fourth-order valence-electron chi connectivity index (χ4n) is 6.82. The Kier molecular flexibility index (Phi) is 27.1. The Morgan fingerprint density at radius 2 is 1.13 bits per heavy atom. The molecule has 75 heavy (non-hydrogen) atoms. The number of carbonyl (C=O) groups excluding carboxylic acids is 9. The van der Waals surface area contributed by atoms with Crippen LogP contribution in [0.5, 0.6) is 0 Å². The molecule has 2 aliphatic rings. The Hall–Kier alpha value is -6.75. The van der Waals surface area contributed by atoms with Crippen LogP contribution >= 0.6 is 24.4 Å². The highest BCUT2D eigenvalue weighted by Crippen LogP contribution is 2.17. The molecule has 23 heteroatoms. The topological polar surface area (TPSA) is 270 Å². The van der Waals surface area contributed by atoms with Gasteiger partial charge in [0.15, 0.2) is 5.12 Å². The first kappa shape index (κ1) is 62.5. The van der Waals surface area contributed by atoms with Crippen LogP contribution in [0.25, 0.3) is 0 Å². The number of pyridine rings is 2. The van der Waals surface area contributed by atoms with Crippen molar-refractivity contribution in [3.63, 3.8) is 0 Å². The predicted octanol–water partition coefficient (Wildman–Crippen LogP) is 5.52. The third-order valence-electron chi connectivity index (χ3n) is 11.0. The minimum absolute atomic E-state index is 0.109. The van der Waals surface area contributed by atoms with Gasteiger partial charge in [-0.3, -0.25) is 33.6 Å². The number of thioether (sulfide) groups is 1. The number of nitrogens with zero attached hydrogens (tertiary/aromatic N) is 2. The van der Waals surface area contributed by atoms with Crippen LogP contribution in [0.15, 0.2) is 72.1 Å². The molecular formula is C52H68F2N8O11S2. The van der Waals surface area contributed by atoms with Crippen molar-refractivity contribution >= 4 is 76.9 Å². The molecule has 19 nitrogen and oxygen atoms in total. The van der Waals surface area contributed by atoms with Gasteiger partial charge in [0, 0.05) is 12.2 Å². The van der Waals surface area contributed by atoms with Crippen LogP contribution in [0.3, 0.4) is 0 Å². The maximum absolute atomic E-state index is 14.4. The number of halogens is 2. The minimum Gasteiger partial charge on any atom is -0.456 e. The molecule has 6 N–H and O–H groups in total. The quantitative estimate of drug-likeness (QED) is 0.0429. The molecule has 4 bridgehead atoms. The molecule has 2 aromatic heterocycles. The van der Waals surface area contributed by atoms with Crippen LogP contribution in [0.4, 0.5) is 8.78 Å². The van der Waals surface area contributed by atoms with Crippen molar-refractivity contribution in [2.24, 2.45) is 11.8 Å². The molecule has 2 aromatic rings. The molecule has 0 unspecified atom stereocenters. The number of cyclic esters (lactones) is 2. The highest BCUT2D eigenvalue weighted by molar-refractivity contribution is 8.13. The van der Waals surface area contributed by atoms with Crippen LogP contribution in [0.2, 0.25) is 0 Å². The summed E-state index contributed by atoms with van der Waals surface area (Å²) in [5.41, 5.74) is -0.858. The standard InChI is InChI=1S/C29H39FN4O6S.C23H29FN4O5S/c1-5-7-8-12-25(36)41-15-10-9-11-19-16-24(35)31-17-23-20(30)13-14-22(32-23)28(38)33-21(6-2)27(37)34-26(18(3)4)29(39)40-19;1-4-16-21(30)28-20(13(2)3)23(32)33-14(7-5-6-10-34)11-19(29)25-12-18-15(24)8-9-17(26-18)22(31)27-16/h6,9,11,13-14,18-19,26H,5,7-8,10,12,15-17H2,1-4H3,(H,31,35)(H,33,38)(H,34,37);4-5,7-9,13-14,20,34H,6,10-12H2,1-3H3,(H,25,29)(H,27,31)(H,28,30)/b11-9+,21-6-;7-5+,16-4-/t19-,26+;14-,20+/m11/s1. The molecule has 0 fully saturated rings. The monoisotopic (exact) mass is 1080 g/mol. The number of carbonyl (C=O) groups is 9. The van der Waals surface area contributed by atoms with Crippen LogP contribution in [-0.2, 0) is 56.1 Å². The lowest BCUT2D eigenvalue weighted by Gasteiger charge is -2.24. The molecule has 4 atom stereocenters. The van der Waals surface area contributed by atoms with E-state index < -0.39 is 83.3 Å². The van der Waals surface area contributed by atoms with Crippen LogP contribution < -0.4 is 31.9 Å². The molecule has 0 saturated heterocycles. The van der Waals surface area contributed by atoms with E-state index in [1.165, 1.54) is 43.8 Å². The number of thiol groups is 1. The maximum atomic E-state index is 14.4. The van der Waals surface area contributed by atoms with Gasteiger partial charge in [-0.05, 0) is 87.1 Å². The van der Waals surface area contributed by atoms with Crippen molar-refractivity contribution < 1.29 is 61.4 Å². The van der Waals surface area contributed by atoms with Gasteiger partial charge in [0.05, 0.1) is 37.3 Å². The zero-order valence-electron chi connectivity index (χ0n) is 43.2. The lowest BCUT2D eigenvalue weighted by Crippen LogP contribution is -2.48. The minimum atomic E-state index is -1.08. The summed E-state index contributed by atoms with van der Waals surface area (Å²) < 4.78 is 39.7. The number of allylic oxidation sites excluding steroid dienone is 4. The molecule has 0 saturated carbocycles. The lowest BCUT2D eigenvalue weighted by molar-refractivity contribution is -0.153. The van der Waals surface area contributed by atoms with E-state index in [4.69, 9.17) is 9.47 Å². The first-order chi connectivity index (χ1) is 35.7. The van der Waals surface area contributed by atoms with Crippen molar-refractivity contribution in [1.29, 1.82) is 0 Å². The summed E-state index contributed by atoms with van der Waals surface area (Å²) in [6.45, 7) is 11.4. The molecule has 0 aromatic carbocycles. The Morgan fingerprint density at radius 3 is 1.53 bits per heavy atom. The maximum Gasteiger partial charge on any atom is 0.329 e. The number of esters is 2. The SMILES string of the molecule is C/C=C1\NC(=O)c2ccc(F)c(n2)CNC(=O)C[C@@H](/C=C/CCS)OC(=O)[C@H](C(C)C)NC1=O.C/C=C1\NC(=O)c2ccc(F)c(n2)CNC(=O)C[C@@H](/C=C/CCSC(=O)CCCCC)OC(=O)[C@H](C(C)C)NC1=O. The van der Waals surface area contributed by atoms with E-state index >= 15 is 0 Å². The smallest absolute Gasteiger partial charge is 0.329 e. The number of ether oxygens (including phenoxy) is 2. The molecule has 0 spiro atoms. The van der Waals surface area contributed by atoms with Crippen molar-refractivity contribution in [3.05, 3.63) is 107 Å². The second-order valence-electron chi connectivity index (χ2n) is 17.7. The Bertz CT molecular complexity index is 2500. The van der Waals surface area contributed by atoms with Gasteiger partial charge >= 0.3 is 11.9 Å². The van der Waals surface area contributed by atoms with E-state index in [-0.39, 0.29) is 77.1 Å². The van der Waals surface area contributed by atoms with E-state index in [0.29, 0.717) is 30.8 Å². The van der Waals surface area contributed by atoms with Gasteiger partial charge in [0.2, 0.25) is 11.8 Å². The summed E-state index contributed by atoms with van der Waals surface area (Å²) in [6, 6.07) is 2.33. The van der Waals surface area contributed by atoms with Crippen LogP contribution in [-0.4, -0.2) is 98.3 Å². The Labute approximate surface area is 445 Å². The van der Waals surface area contributed by atoms with E-state index in [0.717, 1.165) is 37.5 Å². The van der Waals surface area contributed by atoms with Gasteiger partial charge in [-0.2, -0.15) is 12.6 Å². The average molecular weight is 1080 g/mol. The lowest BCUT2D eigenvalue weighted by atomic mass is 10.0. The third kappa shape index (κ3) is 21.6. The number of amides is 6. The average Bonchev–Trinajstić information content (AvgIpc) is 3.36. The Morgan fingerprint density at radius 1 is 0.693 bits per heavy atom. The highest BCUT2D eigenvalue weighted by Gasteiger charge is 2.32. The van der Waals surface area contributed by atoms with Crippen molar-refractivity contribution in [1.82, 2.24) is 41.9 Å². The summed E-state index contributed by atoms with van der Waals surface area (Å²) in [7, 11) is 0. The zero-order valence-corrected chi connectivity index (χ0v) is 44.9. The van der Waals surface area contributed by atoms with Gasteiger partial charge < -0.3 is 41.4 Å². The largest absolute Gasteiger partial charge is 0.456 e. The normalized spacial score (nSPS) is 20.9. The van der Waals surface area contributed by atoms with Gasteiger partial charge in [0.1, 0.15) is 58.7 Å². The molecule has 4 heterocycles. The number of nitrogens with one attached hydrogen (secondary N) is 6. The van der Waals surface area contributed by atoms with Gasteiger partial charge in [0.25, 0.3) is 23.6 Å². The number of fused-ring (bicyclic) bond motifs is 4. The van der Waals surface area contributed by atoms with E-state index in [1.807, 2.05) is 0 Å². The second kappa shape index (κ2) is 32.5. The molecular weight excluding hydrogens is 1010 g/mol. The van der Waals surface area contributed by atoms with Crippen LogP contribution in [0, 0.1) is 23.5 Å². The first-order valence-electron chi connectivity index (χ1n) is 24.6. The van der Waals surface area contributed by atoms with Crippen molar-refractivity contribution in [3.8, 4) is 0 Å². The predicted molar refractivity (Wildman–Crippen MR) is 280 cm³/mol. The highest BCUT2D eigenvalue weighted by atomic mass is 32.2. The zero-order chi connectivity index (χ0) is 55.6. The molecule has 0 radical (unpaired) electrons. The van der Waals surface area contributed by atoms with E-state index in [1.54, 1.807) is 52.0 Å². The number of hydrogen-bond acceptors (Lipinski definition) is 15. The fraction of sp³-hybridized carbons (Fsp3) is 0.481. The fourth-order valence-corrected chi connectivity index (χ4v) is 7.74. The van der Waals surface area contributed by atoms with Crippen molar-refractivity contribution in [2.75, 3.05) is 11.5 Å². The van der Waals surface area contributed by atoms with Crippen LogP contribution in [0.1, 0.15) is 132 Å². The molecule has 0 aliphatic carbocycles. The van der Waals surface area contributed by atoms with E-state index in [2.05, 4.69) is 61.4 Å². The number of hydrogen-bond donors (Lipinski definition) is 7. The van der Waals surface area contributed by atoms with Gasteiger partial charge in [-0.15, -0.1) is 0 Å². The molecule has 2 aliphatic heterocycles. The third-order valence-corrected chi connectivity index (χ3v) is 12.2. The second-order valence-corrected chi connectivity index (χ2v) is 19.3. The summed E-state index contributed by atoms with van der Waals surface area (Å²) in [4.78, 5) is 122.